The van der Waals surface area contributed by atoms with Gasteiger partial charge in [0.25, 0.3) is 5.91 Å². The molecule has 0 aliphatic rings. The van der Waals surface area contributed by atoms with Crippen LogP contribution < -0.4 is 14.8 Å². The number of hydrogen-bond acceptors (Lipinski definition) is 6. The SMILES string of the molecule is COc1ccc(OC)c(-c2cc(C(=O)NCC(O)c3ccoc3)n(C)n2)c1. The van der Waals surface area contributed by atoms with E-state index in [2.05, 4.69) is 10.4 Å². The molecular formula is C19H21N3O5. The standard InChI is InChI=1S/C19H21N3O5/c1-22-16(19(24)20-10-17(23)12-6-7-27-11-12)9-15(21-22)14-8-13(25-2)4-5-18(14)26-3/h4-9,11,17,23H,10H2,1-3H3,(H,20,24). The summed E-state index contributed by atoms with van der Waals surface area (Å²) in [7, 11) is 4.82. The number of carbonyl (C=O) groups is 1. The third kappa shape index (κ3) is 3.95. The van der Waals surface area contributed by atoms with Crippen LogP contribution in [0.3, 0.4) is 0 Å². The van der Waals surface area contributed by atoms with E-state index in [0.29, 0.717) is 34.0 Å². The van der Waals surface area contributed by atoms with Crippen LogP contribution in [0.4, 0.5) is 0 Å². The fraction of sp³-hybridized carbons (Fsp3) is 0.263. The van der Waals surface area contributed by atoms with Gasteiger partial charge in [0.2, 0.25) is 0 Å². The number of amides is 1. The quantitative estimate of drug-likeness (QED) is 0.660. The van der Waals surface area contributed by atoms with Crippen LogP contribution in [-0.4, -0.2) is 41.6 Å². The molecule has 3 aromatic rings. The molecular weight excluding hydrogens is 350 g/mol. The first-order valence-electron chi connectivity index (χ1n) is 8.28. The van der Waals surface area contributed by atoms with Crippen LogP contribution in [0.1, 0.15) is 22.2 Å². The fourth-order valence-electron chi connectivity index (χ4n) is 2.69. The van der Waals surface area contributed by atoms with E-state index < -0.39 is 6.10 Å². The molecule has 2 N–H and O–H groups in total. The number of nitrogens with one attached hydrogen (secondary N) is 1. The largest absolute Gasteiger partial charge is 0.497 e. The van der Waals surface area contributed by atoms with Crippen molar-refractivity contribution in [1.82, 2.24) is 15.1 Å². The van der Waals surface area contributed by atoms with E-state index in [-0.39, 0.29) is 12.5 Å². The normalized spacial score (nSPS) is 11.9. The molecule has 0 bridgehead atoms. The molecule has 0 radical (unpaired) electrons. The van der Waals surface area contributed by atoms with Crippen LogP contribution in [0.15, 0.2) is 47.3 Å². The average molecular weight is 371 g/mol. The van der Waals surface area contributed by atoms with Crippen molar-refractivity contribution >= 4 is 5.91 Å². The molecule has 3 rings (SSSR count). The summed E-state index contributed by atoms with van der Waals surface area (Å²) in [5.74, 6) is 0.933. The second kappa shape index (κ2) is 7.96. The minimum atomic E-state index is -0.848. The predicted molar refractivity (Wildman–Crippen MR) is 97.7 cm³/mol. The molecule has 0 saturated heterocycles. The zero-order valence-electron chi connectivity index (χ0n) is 15.3. The van der Waals surface area contributed by atoms with E-state index in [9.17, 15) is 9.90 Å². The van der Waals surface area contributed by atoms with Crippen molar-refractivity contribution in [1.29, 1.82) is 0 Å². The Bertz CT molecular complexity index is 918. The van der Waals surface area contributed by atoms with Gasteiger partial charge in [-0.2, -0.15) is 5.10 Å². The molecule has 0 fully saturated rings. The Morgan fingerprint density at radius 2 is 2.11 bits per heavy atom. The minimum absolute atomic E-state index is 0.0569. The summed E-state index contributed by atoms with van der Waals surface area (Å²) < 4.78 is 17.0. The van der Waals surface area contributed by atoms with Crippen molar-refractivity contribution < 1.29 is 23.8 Å². The van der Waals surface area contributed by atoms with Gasteiger partial charge in [-0.3, -0.25) is 9.48 Å². The summed E-state index contributed by atoms with van der Waals surface area (Å²) in [5.41, 5.74) is 2.25. The second-order valence-electron chi connectivity index (χ2n) is 5.89. The molecule has 2 heterocycles. The number of aliphatic hydroxyl groups excluding tert-OH is 1. The Morgan fingerprint density at radius 3 is 2.78 bits per heavy atom. The summed E-state index contributed by atoms with van der Waals surface area (Å²) in [5, 5.41) is 17.2. The first-order chi connectivity index (χ1) is 13.0. The maximum absolute atomic E-state index is 12.5. The van der Waals surface area contributed by atoms with Gasteiger partial charge in [0.05, 0.1) is 38.5 Å². The molecule has 1 aromatic carbocycles. The highest BCUT2D eigenvalue weighted by molar-refractivity contribution is 5.94. The smallest absolute Gasteiger partial charge is 0.269 e. The highest BCUT2D eigenvalue weighted by Gasteiger charge is 2.18. The predicted octanol–water partition coefficient (Wildman–Crippen LogP) is 2.16. The number of rotatable bonds is 7. The molecule has 0 saturated carbocycles. The van der Waals surface area contributed by atoms with Crippen molar-refractivity contribution in [3.05, 3.63) is 54.1 Å². The third-order valence-electron chi connectivity index (χ3n) is 4.18. The van der Waals surface area contributed by atoms with Crippen molar-refractivity contribution in [2.75, 3.05) is 20.8 Å². The molecule has 27 heavy (non-hydrogen) atoms. The van der Waals surface area contributed by atoms with E-state index in [0.717, 1.165) is 0 Å². The maximum atomic E-state index is 12.5. The van der Waals surface area contributed by atoms with Gasteiger partial charge in [-0.1, -0.05) is 0 Å². The van der Waals surface area contributed by atoms with Crippen LogP contribution in [0.5, 0.6) is 11.5 Å². The molecule has 1 amide bonds. The van der Waals surface area contributed by atoms with Crippen LogP contribution in [-0.2, 0) is 7.05 Å². The summed E-state index contributed by atoms with van der Waals surface area (Å²) in [6.07, 6.45) is 2.06. The maximum Gasteiger partial charge on any atom is 0.269 e. The van der Waals surface area contributed by atoms with Crippen LogP contribution >= 0.6 is 0 Å². The topological polar surface area (TPSA) is 98.8 Å². The summed E-state index contributed by atoms with van der Waals surface area (Å²) in [6.45, 7) is 0.0569. The fourth-order valence-corrected chi connectivity index (χ4v) is 2.69. The molecule has 1 atom stereocenters. The highest BCUT2D eigenvalue weighted by Crippen LogP contribution is 2.32. The number of benzene rings is 1. The first-order valence-corrected chi connectivity index (χ1v) is 8.28. The number of hydrogen-bond donors (Lipinski definition) is 2. The number of methoxy groups -OCH3 is 2. The van der Waals surface area contributed by atoms with Gasteiger partial charge in [-0.25, -0.2) is 0 Å². The van der Waals surface area contributed by atoms with Crippen molar-refractivity contribution in [3.63, 3.8) is 0 Å². The first kappa shape index (κ1) is 18.5. The Labute approximate surface area is 156 Å². The lowest BCUT2D eigenvalue weighted by molar-refractivity contribution is 0.0906. The van der Waals surface area contributed by atoms with Crippen molar-refractivity contribution in [2.45, 2.75) is 6.10 Å². The van der Waals surface area contributed by atoms with Crippen LogP contribution in [0.25, 0.3) is 11.3 Å². The molecule has 8 heteroatoms. The number of aryl methyl sites for hydroxylation is 1. The molecule has 142 valence electrons. The van der Waals surface area contributed by atoms with Crippen LogP contribution in [0, 0.1) is 0 Å². The van der Waals surface area contributed by atoms with Crippen molar-refractivity contribution in [3.8, 4) is 22.8 Å². The summed E-state index contributed by atoms with van der Waals surface area (Å²) in [4.78, 5) is 12.5. The van der Waals surface area contributed by atoms with Gasteiger partial charge < -0.3 is 24.3 Å². The lowest BCUT2D eigenvalue weighted by Crippen LogP contribution is -2.29. The number of ether oxygens (including phenoxy) is 2. The Hall–Kier alpha value is -3.26. The average Bonchev–Trinajstić information content (AvgIpc) is 3.35. The molecule has 8 nitrogen and oxygen atoms in total. The highest BCUT2D eigenvalue weighted by atomic mass is 16.5. The Kier molecular flexibility index (Phi) is 5.46. The number of nitrogens with zero attached hydrogens (tertiary/aromatic N) is 2. The minimum Gasteiger partial charge on any atom is -0.497 e. The monoisotopic (exact) mass is 371 g/mol. The molecule has 0 aliphatic carbocycles. The van der Waals surface area contributed by atoms with E-state index in [4.69, 9.17) is 13.9 Å². The number of carbonyl (C=O) groups excluding carboxylic acids is 1. The molecule has 0 aliphatic heterocycles. The van der Waals surface area contributed by atoms with Gasteiger partial charge >= 0.3 is 0 Å². The van der Waals surface area contributed by atoms with E-state index in [1.807, 2.05) is 0 Å². The second-order valence-corrected chi connectivity index (χ2v) is 5.89. The van der Waals surface area contributed by atoms with Gasteiger partial charge in [-0.15, -0.1) is 0 Å². The van der Waals surface area contributed by atoms with Crippen molar-refractivity contribution in [2.24, 2.45) is 7.05 Å². The van der Waals surface area contributed by atoms with E-state index in [1.165, 1.54) is 17.2 Å². The molecule has 2 aromatic heterocycles. The van der Waals surface area contributed by atoms with E-state index in [1.54, 1.807) is 51.6 Å². The summed E-state index contributed by atoms with van der Waals surface area (Å²) in [6, 6.07) is 8.68. The Balaban J connectivity index is 1.79. The lowest BCUT2D eigenvalue weighted by atomic mass is 10.1. The molecule has 0 spiro atoms. The Morgan fingerprint density at radius 1 is 1.30 bits per heavy atom. The van der Waals surface area contributed by atoms with Gasteiger partial charge in [0.15, 0.2) is 0 Å². The molecule has 1 unspecified atom stereocenters. The zero-order valence-corrected chi connectivity index (χ0v) is 15.3. The van der Waals surface area contributed by atoms with E-state index >= 15 is 0 Å². The lowest BCUT2D eigenvalue weighted by Gasteiger charge is -2.09. The van der Waals surface area contributed by atoms with Crippen LogP contribution in [0.2, 0.25) is 0 Å². The third-order valence-corrected chi connectivity index (χ3v) is 4.18. The number of aliphatic hydroxyl groups is 1. The number of aromatic nitrogens is 2. The zero-order chi connectivity index (χ0) is 19.4. The van der Waals surface area contributed by atoms with Gasteiger partial charge in [-0.05, 0) is 30.3 Å². The number of furan rings is 1. The van der Waals surface area contributed by atoms with Gasteiger partial charge in [0, 0.05) is 24.7 Å². The van der Waals surface area contributed by atoms with Gasteiger partial charge in [0.1, 0.15) is 17.2 Å². The summed E-state index contributed by atoms with van der Waals surface area (Å²) >= 11 is 0.